The lowest BCUT2D eigenvalue weighted by molar-refractivity contribution is -0.0988. The molecule has 31 heavy (non-hydrogen) atoms. The average molecular weight is 435 g/mol. The van der Waals surface area contributed by atoms with Crippen molar-refractivity contribution >= 4 is 6.09 Å². The van der Waals surface area contributed by atoms with Crippen LogP contribution in [0.15, 0.2) is 30.3 Å². The molecule has 0 bridgehead atoms. The summed E-state index contributed by atoms with van der Waals surface area (Å²) >= 11 is 0. The molecule has 0 aromatic heterocycles. The van der Waals surface area contributed by atoms with E-state index < -0.39 is 24.0 Å². The number of nitrogens with zero attached hydrogens (tertiary/aromatic N) is 1. The van der Waals surface area contributed by atoms with Gasteiger partial charge >= 0.3 is 6.09 Å². The van der Waals surface area contributed by atoms with Gasteiger partial charge in [-0.2, -0.15) is 0 Å². The van der Waals surface area contributed by atoms with Gasteiger partial charge in [-0.05, 0) is 31.7 Å². The van der Waals surface area contributed by atoms with E-state index in [1.54, 1.807) is 4.90 Å². The van der Waals surface area contributed by atoms with Crippen LogP contribution in [0.3, 0.4) is 0 Å². The number of rotatable bonds is 9. The van der Waals surface area contributed by atoms with Crippen molar-refractivity contribution in [1.82, 2.24) is 10.2 Å². The number of hydrogen-bond donors (Lipinski definition) is 3. The molecule has 1 aromatic rings. The van der Waals surface area contributed by atoms with Gasteiger partial charge in [0.1, 0.15) is 18.4 Å². The first-order chi connectivity index (χ1) is 14.9. The topological polar surface area (TPSA) is 91.3 Å². The number of benzene rings is 1. The lowest BCUT2D eigenvalue weighted by Crippen LogP contribution is -2.51. The fraction of sp³-hybridized carbons (Fsp3) is 0.708. The molecule has 1 amide bonds. The zero-order chi connectivity index (χ0) is 22.3. The van der Waals surface area contributed by atoms with Gasteiger partial charge in [-0.15, -0.1) is 0 Å². The highest BCUT2D eigenvalue weighted by atomic mass is 16.6. The van der Waals surface area contributed by atoms with E-state index in [4.69, 9.17) is 14.6 Å². The number of carbonyl (C=O) groups is 1. The number of aliphatic hydroxyl groups is 2. The van der Waals surface area contributed by atoms with E-state index in [9.17, 15) is 9.90 Å². The summed E-state index contributed by atoms with van der Waals surface area (Å²) in [5.41, 5.74) is 0.0535. The molecule has 7 heteroatoms. The molecule has 1 heterocycles. The van der Waals surface area contributed by atoms with Crippen LogP contribution >= 0.6 is 0 Å². The molecular formula is C24H38N2O5. The molecule has 0 radical (unpaired) electrons. The summed E-state index contributed by atoms with van der Waals surface area (Å²) in [7, 11) is 0. The molecule has 1 aromatic carbocycles. The predicted molar refractivity (Wildman–Crippen MR) is 118 cm³/mol. The number of nitrogens with one attached hydrogen (secondary N) is 1. The maximum atomic E-state index is 13.2. The molecule has 1 saturated heterocycles. The summed E-state index contributed by atoms with van der Waals surface area (Å²) in [6, 6.07) is 9.37. The van der Waals surface area contributed by atoms with Crippen molar-refractivity contribution in [2.75, 3.05) is 19.7 Å². The van der Waals surface area contributed by atoms with Crippen LogP contribution in [-0.4, -0.2) is 64.9 Å². The Kier molecular flexibility index (Phi) is 8.72. The van der Waals surface area contributed by atoms with Gasteiger partial charge in [-0.25, -0.2) is 4.79 Å². The molecule has 2 aliphatic rings. The Labute approximate surface area is 185 Å². The molecule has 3 atom stereocenters. The van der Waals surface area contributed by atoms with Crippen molar-refractivity contribution in [3.05, 3.63) is 35.9 Å². The van der Waals surface area contributed by atoms with Crippen LogP contribution in [0.1, 0.15) is 57.9 Å². The van der Waals surface area contributed by atoms with Crippen LogP contribution in [0.2, 0.25) is 0 Å². The van der Waals surface area contributed by atoms with Crippen molar-refractivity contribution in [1.29, 1.82) is 0 Å². The molecule has 0 spiro atoms. The summed E-state index contributed by atoms with van der Waals surface area (Å²) in [6.07, 6.45) is 5.09. The van der Waals surface area contributed by atoms with Crippen molar-refractivity contribution in [2.45, 2.75) is 83.0 Å². The van der Waals surface area contributed by atoms with E-state index in [-0.39, 0.29) is 19.3 Å². The van der Waals surface area contributed by atoms with Crippen LogP contribution in [-0.2, 0) is 16.1 Å². The van der Waals surface area contributed by atoms with E-state index >= 15 is 0 Å². The Bertz CT molecular complexity index is 678. The minimum Gasteiger partial charge on any atom is -0.444 e. The van der Waals surface area contributed by atoms with Crippen molar-refractivity contribution < 1.29 is 24.5 Å². The summed E-state index contributed by atoms with van der Waals surface area (Å²) < 4.78 is 11.9. The van der Waals surface area contributed by atoms with Crippen molar-refractivity contribution in [3.63, 3.8) is 0 Å². The quantitative estimate of drug-likeness (QED) is 0.518. The number of amides is 1. The maximum Gasteiger partial charge on any atom is 0.412 e. The number of ether oxygens (including phenoxy) is 2. The normalized spacial score (nSPS) is 24.8. The molecule has 2 fully saturated rings. The Morgan fingerprint density at radius 1 is 1.26 bits per heavy atom. The second-order valence-corrected chi connectivity index (χ2v) is 9.24. The van der Waals surface area contributed by atoms with Crippen LogP contribution in [0.5, 0.6) is 0 Å². The molecule has 1 aliphatic heterocycles. The van der Waals surface area contributed by atoms with Gasteiger partial charge < -0.3 is 25.0 Å². The third-order valence-electron chi connectivity index (χ3n) is 6.44. The monoisotopic (exact) mass is 434 g/mol. The molecular weight excluding hydrogens is 396 g/mol. The molecule has 3 N–H and O–H groups in total. The SMILES string of the molecule is CC1(C)O[C@H]([C@H](O)CNCCO)[C@H](CC2CCCCC2)N1C(=O)OCc1ccccc1. The minimum absolute atomic E-state index is 0.00712. The lowest BCUT2D eigenvalue weighted by Gasteiger charge is -2.35. The van der Waals surface area contributed by atoms with E-state index in [2.05, 4.69) is 5.32 Å². The zero-order valence-electron chi connectivity index (χ0n) is 18.8. The average Bonchev–Trinajstić information content (AvgIpc) is 3.04. The zero-order valence-corrected chi connectivity index (χ0v) is 18.8. The third kappa shape index (κ3) is 6.42. The third-order valence-corrected chi connectivity index (χ3v) is 6.44. The largest absolute Gasteiger partial charge is 0.444 e. The first-order valence-electron chi connectivity index (χ1n) is 11.6. The highest BCUT2D eigenvalue weighted by molar-refractivity contribution is 5.69. The van der Waals surface area contributed by atoms with Crippen molar-refractivity contribution in [3.8, 4) is 0 Å². The highest BCUT2D eigenvalue weighted by Crippen LogP contribution is 2.40. The maximum absolute atomic E-state index is 13.2. The van der Waals surface area contributed by atoms with Gasteiger partial charge in [0, 0.05) is 13.1 Å². The van der Waals surface area contributed by atoms with Crippen LogP contribution in [0.25, 0.3) is 0 Å². The second-order valence-electron chi connectivity index (χ2n) is 9.24. The molecule has 174 valence electrons. The van der Waals surface area contributed by atoms with Gasteiger partial charge in [0.05, 0.1) is 18.8 Å². The van der Waals surface area contributed by atoms with Crippen molar-refractivity contribution in [2.24, 2.45) is 5.92 Å². The first-order valence-corrected chi connectivity index (χ1v) is 11.6. The van der Waals surface area contributed by atoms with E-state index in [1.165, 1.54) is 19.3 Å². The van der Waals surface area contributed by atoms with Crippen LogP contribution in [0.4, 0.5) is 4.79 Å². The first kappa shape index (κ1) is 24.0. The minimum atomic E-state index is -0.879. The summed E-state index contributed by atoms with van der Waals surface area (Å²) in [5, 5.41) is 22.9. The Morgan fingerprint density at radius 3 is 2.65 bits per heavy atom. The predicted octanol–water partition coefficient (Wildman–Crippen LogP) is 3.04. The molecule has 1 aliphatic carbocycles. The molecule has 7 nitrogen and oxygen atoms in total. The molecule has 0 unspecified atom stereocenters. The lowest BCUT2D eigenvalue weighted by atomic mass is 9.83. The standard InChI is InChI=1S/C24H38N2O5/c1-24(2)26(23(29)30-17-19-11-7-4-8-12-19)20(15-18-9-5-3-6-10-18)22(31-24)21(28)16-25-13-14-27/h4,7-8,11-12,18,20-22,25,27-28H,3,5-6,9-10,13-17H2,1-2H3/t20-,21+,22-/m0/s1. The number of hydrogen-bond acceptors (Lipinski definition) is 6. The number of carbonyl (C=O) groups excluding carboxylic acids is 1. The summed E-state index contributed by atoms with van der Waals surface area (Å²) in [6.45, 7) is 4.64. The number of aliphatic hydroxyl groups excluding tert-OH is 2. The van der Waals surface area contributed by atoms with Gasteiger partial charge in [0.2, 0.25) is 0 Å². The highest BCUT2D eigenvalue weighted by Gasteiger charge is 2.53. The van der Waals surface area contributed by atoms with E-state index in [1.807, 2.05) is 44.2 Å². The van der Waals surface area contributed by atoms with Crippen LogP contribution in [0, 0.1) is 5.92 Å². The van der Waals surface area contributed by atoms with Gasteiger partial charge in [-0.3, -0.25) is 4.90 Å². The fourth-order valence-corrected chi connectivity index (χ4v) is 4.94. The van der Waals surface area contributed by atoms with Gasteiger partial charge in [-0.1, -0.05) is 62.4 Å². The summed E-state index contributed by atoms with van der Waals surface area (Å²) in [4.78, 5) is 14.9. The summed E-state index contributed by atoms with van der Waals surface area (Å²) in [5.74, 6) is 0.515. The van der Waals surface area contributed by atoms with Crippen LogP contribution < -0.4 is 5.32 Å². The molecule has 1 saturated carbocycles. The van der Waals surface area contributed by atoms with Gasteiger partial charge in [0.25, 0.3) is 0 Å². The fourth-order valence-electron chi connectivity index (χ4n) is 4.94. The van der Waals surface area contributed by atoms with E-state index in [0.717, 1.165) is 24.8 Å². The van der Waals surface area contributed by atoms with Gasteiger partial charge in [0.15, 0.2) is 0 Å². The Morgan fingerprint density at radius 2 is 1.97 bits per heavy atom. The van der Waals surface area contributed by atoms with E-state index in [0.29, 0.717) is 19.0 Å². The smallest absolute Gasteiger partial charge is 0.412 e. The Hall–Kier alpha value is -1.67. The Balaban J connectivity index is 1.74. The molecule has 3 rings (SSSR count). The second kappa shape index (κ2) is 11.3.